The van der Waals surface area contributed by atoms with E-state index in [0.717, 1.165) is 19.4 Å². The van der Waals surface area contributed by atoms with Crippen molar-refractivity contribution in [1.82, 2.24) is 10.2 Å². The van der Waals surface area contributed by atoms with Crippen molar-refractivity contribution in [3.63, 3.8) is 0 Å². The van der Waals surface area contributed by atoms with Crippen molar-refractivity contribution >= 4 is 11.9 Å². The Morgan fingerprint density at radius 1 is 1.53 bits per heavy atom. The molecule has 1 N–H and O–H groups in total. The molecule has 5 nitrogen and oxygen atoms in total. The second kappa shape index (κ2) is 4.18. The van der Waals surface area contributed by atoms with Gasteiger partial charge in [-0.1, -0.05) is 6.92 Å². The Morgan fingerprint density at radius 2 is 2.33 bits per heavy atom. The van der Waals surface area contributed by atoms with E-state index in [-0.39, 0.29) is 24.6 Å². The zero-order valence-electron chi connectivity index (χ0n) is 8.86. The smallest absolute Gasteiger partial charge is 0.324 e. The van der Waals surface area contributed by atoms with Crippen LogP contribution in [0, 0.1) is 5.92 Å². The van der Waals surface area contributed by atoms with Crippen LogP contribution in [0.1, 0.15) is 19.8 Å². The first-order chi connectivity index (χ1) is 7.22. The number of ether oxygens (including phenoxy) is 1. The number of hydrogen-bond acceptors (Lipinski definition) is 3. The lowest BCUT2D eigenvalue weighted by Gasteiger charge is -2.21. The van der Waals surface area contributed by atoms with E-state index in [0.29, 0.717) is 12.5 Å². The minimum Gasteiger partial charge on any atom is -0.378 e. The zero-order valence-corrected chi connectivity index (χ0v) is 8.86. The van der Waals surface area contributed by atoms with Crippen molar-refractivity contribution in [2.24, 2.45) is 5.92 Å². The molecule has 2 saturated heterocycles. The molecule has 2 unspecified atom stereocenters. The molecule has 0 aromatic carbocycles. The highest BCUT2D eigenvalue weighted by molar-refractivity contribution is 6.01. The molecule has 0 saturated carbocycles. The summed E-state index contributed by atoms with van der Waals surface area (Å²) in [5.74, 6) is 0.185. The average Bonchev–Trinajstić information content (AvgIpc) is 2.79. The van der Waals surface area contributed by atoms with E-state index < -0.39 is 0 Å². The molecule has 3 amide bonds. The van der Waals surface area contributed by atoms with Gasteiger partial charge in [0.05, 0.1) is 12.6 Å². The van der Waals surface area contributed by atoms with Crippen molar-refractivity contribution < 1.29 is 14.3 Å². The number of urea groups is 1. The molecule has 84 valence electrons. The number of rotatable bonds is 3. The summed E-state index contributed by atoms with van der Waals surface area (Å²) in [5, 5.41) is 2.52. The van der Waals surface area contributed by atoms with Crippen LogP contribution in [0.2, 0.25) is 0 Å². The highest BCUT2D eigenvalue weighted by atomic mass is 16.5. The quantitative estimate of drug-likeness (QED) is 0.687. The van der Waals surface area contributed by atoms with E-state index in [4.69, 9.17) is 4.74 Å². The summed E-state index contributed by atoms with van der Waals surface area (Å²) in [4.78, 5) is 24.0. The van der Waals surface area contributed by atoms with Crippen molar-refractivity contribution in [3.8, 4) is 0 Å². The first-order valence-electron chi connectivity index (χ1n) is 5.42. The Morgan fingerprint density at radius 3 is 2.93 bits per heavy atom. The molecule has 15 heavy (non-hydrogen) atoms. The maximum atomic E-state index is 11.4. The molecule has 0 aromatic rings. The summed E-state index contributed by atoms with van der Waals surface area (Å²) in [6.45, 7) is 3.45. The van der Waals surface area contributed by atoms with Crippen molar-refractivity contribution in [2.45, 2.75) is 25.9 Å². The standard InChI is InChI=1S/C10H16N2O3/c1-2-8-7(3-4-15-8)6-12-9(13)5-11-10(12)14/h7-8H,2-6H2,1H3,(H,11,14). The molecule has 0 aromatic heterocycles. The monoisotopic (exact) mass is 212 g/mol. The van der Waals surface area contributed by atoms with Crippen LogP contribution in [-0.2, 0) is 9.53 Å². The summed E-state index contributed by atoms with van der Waals surface area (Å²) in [6.07, 6.45) is 2.08. The number of carbonyl (C=O) groups excluding carboxylic acids is 2. The van der Waals surface area contributed by atoms with Crippen LogP contribution in [0.3, 0.4) is 0 Å². The Hall–Kier alpha value is -1.10. The van der Waals surface area contributed by atoms with Gasteiger partial charge in [-0.2, -0.15) is 0 Å². The first-order valence-corrected chi connectivity index (χ1v) is 5.42. The van der Waals surface area contributed by atoms with E-state index in [1.165, 1.54) is 4.90 Å². The maximum Gasteiger partial charge on any atom is 0.324 e. The highest BCUT2D eigenvalue weighted by Crippen LogP contribution is 2.24. The van der Waals surface area contributed by atoms with Crippen molar-refractivity contribution in [2.75, 3.05) is 19.7 Å². The van der Waals surface area contributed by atoms with E-state index in [2.05, 4.69) is 12.2 Å². The number of nitrogens with zero attached hydrogens (tertiary/aromatic N) is 1. The van der Waals surface area contributed by atoms with Crippen LogP contribution in [-0.4, -0.2) is 42.6 Å². The third kappa shape index (κ3) is 1.97. The highest BCUT2D eigenvalue weighted by Gasteiger charge is 2.35. The predicted octanol–water partition coefficient (Wildman–Crippen LogP) is 0.353. The molecule has 5 heteroatoms. The van der Waals surface area contributed by atoms with Gasteiger partial charge in [-0.3, -0.25) is 9.69 Å². The van der Waals surface area contributed by atoms with Crippen LogP contribution >= 0.6 is 0 Å². The van der Waals surface area contributed by atoms with Crippen molar-refractivity contribution in [3.05, 3.63) is 0 Å². The Kier molecular flexibility index (Phi) is 2.90. The summed E-state index contributed by atoms with van der Waals surface area (Å²) in [7, 11) is 0. The molecule has 2 atom stereocenters. The normalized spacial score (nSPS) is 31.1. The van der Waals surface area contributed by atoms with Gasteiger partial charge in [-0.05, 0) is 12.8 Å². The van der Waals surface area contributed by atoms with E-state index in [1.807, 2.05) is 0 Å². The molecular weight excluding hydrogens is 196 g/mol. The second-order valence-electron chi connectivity index (χ2n) is 4.03. The van der Waals surface area contributed by atoms with Gasteiger partial charge in [0.1, 0.15) is 0 Å². The minimum atomic E-state index is -0.262. The van der Waals surface area contributed by atoms with Gasteiger partial charge in [0, 0.05) is 19.1 Å². The van der Waals surface area contributed by atoms with E-state index >= 15 is 0 Å². The second-order valence-corrected chi connectivity index (χ2v) is 4.03. The Bertz CT molecular complexity index is 264. The molecule has 0 spiro atoms. The topological polar surface area (TPSA) is 58.6 Å². The average molecular weight is 212 g/mol. The molecule has 2 heterocycles. The lowest BCUT2D eigenvalue weighted by molar-refractivity contribution is -0.125. The van der Waals surface area contributed by atoms with Crippen LogP contribution in [0.5, 0.6) is 0 Å². The maximum absolute atomic E-state index is 11.4. The number of imide groups is 1. The molecule has 2 rings (SSSR count). The molecule has 0 bridgehead atoms. The van der Waals surface area contributed by atoms with E-state index in [1.54, 1.807) is 0 Å². The van der Waals surface area contributed by atoms with Crippen LogP contribution in [0.4, 0.5) is 4.79 Å². The molecule has 2 aliphatic heterocycles. The van der Waals surface area contributed by atoms with Gasteiger partial charge in [-0.15, -0.1) is 0 Å². The number of amides is 3. The lowest BCUT2D eigenvalue weighted by Crippen LogP contribution is -2.37. The predicted molar refractivity (Wildman–Crippen MR) is 53.2 cm³/mol. The Labute approximate surface area is 88.8 Å². The van der Waals surface area contributed by atoms with Crippen LogP contribution in [0.15, 0.2) is 0 Å². The largest absolute Gasteiger partial charge is 0.378 e. The third-order valence-corrected chi connectivity index (χ3v) is 3.10. The summed E-state index contributed by atoms with van der Waals surface area (Å²) >= 11 is 0. The number of nitrogens with one attached hydrogen (secondary N) is 1. The zero-order chi connectivity index (χ0) is 10.8. The van der Waals surface area contributed by atoms with Gasteiger partial charge >= 0.3 is 6.03 Å². The minimum absolute atomic E-state index is 0.123. The fourth-order valence-corrected chi connectivity index (χ4v) is 2.23. The van der Waals surface area contributed by atoms with Gasteiger partial charge in [0.25, 0.3) is 0 Å². The molecule has 0 aliphatic carbocycles. The molecule has 2 aliphatic rings. The molecule has 0 radical (unpaired) electrons. The van der Waals surface area contributed by atoms with Crippen LogP contribution < -0.4 is 5.32 Å². The summed E-state index contributed by atoms with van der Waals surface area (Å²) in [6, 6.07) is -0.262. The first kappa shape index (κ1) is 10.4. The van der Waals surface area contributed by atoms with Gasteiger partial charge in [0.2, 0.25) is 5.91 Å². The van der Waals surface area contributed by atoms with Gasteiger partial charge in [-0.25, -0.2) is 4.79 Å². The Balaban J connectivity index is 1.95. The van der Waals surface area contributed by atoms with Crippen LogP contribution in [0.25, 0.3) is 0 Å². The fraction of sp³-hybridized carbons (Fsp3) is 0.800. The van der Waals surface area contributed by atoms with Gasteiger partial charge < -0.3 is 10.1 Å². The molecular formula is C10H16N2O3. The number of hydrogen-bond donors (Lipinski definition) is 1. The third-order valence-electron chi connectivity index (χ3n) is 3.10. The fourth-order valence-electron chi connectivity index (χ4n) is 2.23. The molecule has 2 fully saturated rings. The SMILES string of the molecule is CCC1OCCC1CN1C(=O)CNC1=O. The number of carbonyl (C=O) groups is 2. The van der Waals surface area contributed by atoms with E-state index in [9.17, 15) is 9.59 Å². The summed E-state index contributed by atoms with van der Waals surface area (Å²) < 4.78 is 5.53. The van der Waals surface area contributed by atoms with Gasteiger partial charge in [0.15, 0.2) is 0 Å². The lowest BCUT2D eigenvalue weighted by atomic mass is 9.99. The van der Waals surface area contributed by atoms with Crippen molar-refractivity contribution in [1.29, 1.82) is 0 Å². The summed E-state index contributed by atoms with van der Waals surface area (Å²) in [5.41, 5.74) is 0.